The van der Waals surface area contributed by atoms with Crippen LogP contribution in [0.4, 0.5) is 0 Å². The number of benzene rings is 1. The molecule has 0 fully saturated rings. The third-order valence-corrected chi connectivity index (χ3v) is 3.06. The van der Waals surface area contributed by atoms with Gasteiger partial charge in [0.1, 0.15) is 17.7 Å². The minimum absolute atomic E-state index is 0.379. The lowest BCUT2D eigenvalue weighted by Crippen LogP contribution is -2.26. The van der Waals surface area contributed by atoms with E-state index >= 15 is 0 Å². The number of hydrogen-bond acceptors (Lipinski definition) is 4. The number of aliphatic carboxylic acids is 1. The molecule has 0 unspecified atom stereocenters. The number of ether oxygens (including phenoxy) is 1. The maximum Gasteiger partial charge on any atom is 0.344 e. The van der Waals surface area contributed by atoms with E-state index in [4.69, 9.17) is 14.4 Å². The Kier molecular flexibility index (Phi) is 4.21. The van der Waals surface area contributed by atoms with Gasteiger partial charge < -0.3 is 14.4 Å². The Labute approximate surface area is 118 Å². The molecule has 0 aliphatic heterocycles. The Balaban J connectivity index is 2.37. The molecule has 1 heterocycles. The number of carbonyl (C=O) groups is 1. The summed E-state index contributed by atoms with van der Waals surface area (Å²) in [4.78, 5) is 11.0. The molecule has 100 valence electrons. The van der Waals surface area contributed by atoms with Crippen LogP contribution in [0.3, 0.4) is 0 Å². The van der Waals surface area contributed by atoms with Crippen molar-refractivity contribution in [3.8, 4) is 17.0 Å². The van der Waals surface area contributed by atoms with Crippen LogP contribution in [0.15, 0.2) is 39.5 Å². The van der Waals surface area contributed by atoms with Crippen LogP contribution < -0.4 is 4.74 Å². The van der Waals surface area contributed by atoms with Gasteiger partial charge in [-0.25, -0.2) is 4.79 Å². The second-order valence-electron chi connectivity index (χ2n) is 3.88. The van der Waals surface area contributed by atoms with Crippen LogP contribution in [0.5, 0.6) is 5.75 Å². The van der Waals surface area contributed by atoms with Gasteiger partial charge in [0, 0.05) is 16.1 Å². The fourth-order valence-corrected chi connectivity index (χ4v) is 1.98. The van der Waals surface area contributed by atoms with E-state index < -0.39 is 12.1 Å². The highest BCUT2D eigenvalue weighted by Gasteiger charge is 2.19. The average Bonchev–Trinajstić information content (AvgIpc) is 2.90. The molecule has 0 amide bonds. The molecule has 0 radical (unpaired) electrons. The molecule has 0 saturated heterocycles. The van der Waals surface area contributed by atoms with Gasteiger partial charge in [0.15, 0.2) is 6.10 Å². The summed E-state index contributed by atoms with van der Waals surface area (Å²) in [6.45, 7) is 1.76. The first-order valence-electron chi connectivity index (χ1n) is 5.71. The van der Waals surface area contributed by atoms with Gasteiger partial charge >= 0.3 is 5.97 Å². The smallest absolute Gasteiger partial charge is 0.344 e. The van der Waals surface area contributed by atoms with Gasteiger partial charge in [-0.3, -0.25) is 0 Å². The third-order valence-electron chi connectivity index (χ3n) is 2.57. The standard InChI is InChI=1S/C13H12BrNO4/c1-2-11(13(16)17)19-12-4-3-8(14)7-9(12)10-5-6-18-15-10/h3-7,11H,2H2,1H3,(H,16,17)/t11-/m0/s1. The number of aromatic nitrogens is 1. The maximum atomic E-state index is 11.0. The molecule has 0 aliphatic rings. The number of halogens is 1. The van der Waals surface area contributed by atoms with E-state index in [9.17, 15) is 4.79 Å². The Hall–Kier alpha value is -1.82. The molecule has 0 saturated carbocycles. The van der Waals surface area contributed by atoms with Gasteiger partial charge in [0.25, 0.3) is 0 Å². The zero-order valence-electron chi connectivity index (χ0n) is 10.2. The Bertz CT molecular complexity index is 568. The van der Waals surface area contributed by atoms with Crippen molar-refractivity contribution in [3.05, 3.63) is 35.0 Å². The molecular weight excluding hydrogens is 314 g/mol. The van der Waals surface area contributed by atoms with Crippen LogP contribution in [0.2, 0.25) is 0 Å². The van der Waals surface area contributed by atoms with Crippen molar-refractivity contribution >= 4 is 21.9 Å². The van der Waals surface area contributed by atoms with Crippen molar-refractivity contribution in [3.63, 3.8) is 0 Å². The lowest BCUT2D eigenvalue weighted by atomic mass is 10.1. The highest BCUT2D eigenvalue weighted by Crippen LogP contribution is 2.32. The van der Waals surface area contributed by atoms with E-state index in [0.29, 0.717) is 23.4 Å². The predicted molar refractivity (Wildman–Crippen MR) is 72.0 cm³/mol. The first-order valence-corrected chi connectivity index (χ1v) is 6.51. The summed E-state index contributed by atoms with van der Waals surface area (Å²) in [5.74, 6) is -0.525. The number of carboxylic acids is 1. The summed E-state index contributed by atoms with van der Waals surface area (Å²) in [5, 5.41) is 12.9. The highest BCUT2D eigenvalue weighted by molar-refractivity contribution is 9.10. The van der Waals surface area contributed by atoms with Crippen molar-refractivity contribution in [2.75, 3.05) is 0 Å². The van der Waals surface area contributed by atoms with E-state index in [2.05, 4.69) is 21.1 Å². The Morgan fingerprint density at radius 2 is 2.32 bits per heavy atom. The molecule has 0 bridgehead atoms. The molecule has 1 N–H and O–H groups in total. The molecule has 6 heteroatoms. The van der Waals surface area contributed by atoms with Crippen molar-refractivity contribution in [1.82, 2.24) is 5.16 Å². The summed E-state index contributed by atoms with van der Waals surface area (Å²) in [6.07, 6.45) is 0.949. The lowest BCUT2D eigenvalue weighted by Gasteiger charge is -2.15. The van der Waals surface area contributed by atoms with Gasteiger partial charge in [0.05, 0.1) is 0 Å². The van der Waals surface area contributed by atoms with Crippen LogP contribution >= 0.6 is 15.9 Å². The highest BCUT2D eigenvalue weighted by atomic mass is 79.9. The summed E-state index contributed by atoms with van der Waals surface area (Å²) < 4.78 is 11.2. The molecular formula is C13H12BrNO4. The van der Waals surface area contributed by atoms with Crippen molar-refractivity contribution < 1.29 is 19.2 Å². The van der Waals surface area contributed by atoms with Crippen LogP contribution in [0, 0.1) is 0 Å². The second kappa shape index (κ2) is 5.88. The monoisotopic (exact) mass is 325 g/mol. The maximum absolute atomic E-state index is 11.0. The van der Waals surface area contributed by atoms with Crippen LogP contribution in [-0.2, 0) is 4.79 Å². The normalized spacial score (nSPS) is 12.1. The quantitative estimate of drug-likeness (QED) is 0.912. The van der Waals surface area contributed by atoms with Gasteiger partial charge in [-0.1, -0.05) is 28.0 Å². The molecule has 2 rings (SSSR count). The van der Waals surface area contributed by atoms with E-state index in [1.807, 2.05) is 6.07 Å². The Morgan fingerprint density at radius 1 is 1.53 bits per heavy atom. The van der Waals surface area contributed by atoms with Crippen LogP contribution in [0.1, 0.15) is 13.3 Å². The molecule has 1 aromatic carbocycles. The van der Waals surface area contributed by atoms with Crippen molar-refractivity contribution in [2.24, 2.45) is 0 Å². The van der Waals surface area contributed by atoms with E-state index in [0.717, 1.165) is 4.47 Å². The second-order valence-corrected chi connectivity index (χ2v) is 4.79. The summed E-state index contributed by atoms with van der Waals surface area (Å²) in [7, 11) is 0. The van der Waals surface area contributed by atoms with E-state index in [1.165, 1.54) is 6.26 Å². The first-order chi connectivity index (χ1) is 9.11. The summed E-state index contributed by atoms with van der Waals surface area (Å²) in [6, 6.07) is 6.99. The molecule has 0 aliphatic carbocycles. The fraction of sp³-hybridized carbons (Fsp3) is 0.231. The average molecular weight is 326 g/mol. The predicted octanol–water partition coefficient (Wildman–Crippen LogP) is 3.35. The molecule has 5 nitrogen and oxygen atoms in total. The number of rotatable bonds is 5. The van der Waals surface area contributed by atoms with Gasteiger partial charge in [-0.15, -0.1) is 0 Å². The summed E-state index contributed by atoms with van der Waals surface area (Å²) in [5.41, 5.74) is 1.28. The minimum atomic E-state index is -0.989. The number of carboxylic acid groups (broad SMARTS) is 1. The molecule has 19 heavy (non-hydrogen) atoms. The van der Waals surface area contributed by atoms with Gasteiger partial charge in [-0.2, -0.15) is 0 Å². The largest absolute Gasteiger partial charge is 0.479 e. The topological polar surface area (TPSA) is 72.6 Å². The molecule has 0 spiro atoms. The minimum Gasteiger partial charge on any atom is -0.479 e. The molecule has 2 aromatic rings. The van der Waals surface area contributed by atoms with Crippen LogP contribution in [-0.4, -0.2) is 22.3 Å². The summed E-state index contributed by atoms with van der Waals surface area (Å²) >= 11 is 3.36. The molecule has 1 aromatic heterocycles. The van der Waals surface area contributed by atoms with Gasteiger partial charge in [0.2, 0.25) is 0 Å². The SMILES string of the molecule is CC[C@H](Oc1ccc(Br)cc1-c1ccon1)C(=O)O. The Morgan fingerprint density at radius 3 is 2.89 bits per heavy atom. The third kappa shape index (κ3) is 3.14. The lowest BCUT2D eigenvalue weighted by molar-refractivity contribution is -0.145. The van der Waals surface area contributed by atoms with Crippen molar-refractivity contribution in [2.45, 2.75) is 19.4 Å². The zero-order valence-corrected chi connectivity index (χ0v) is 11.8. The van der Waals surface area contributed by atoms with Crippen LogP contribution in [0.25, 0.3) is 11.3 Å². The van der Waals surface area contributed by atoms with Gasteiger partial charge in [-0.05, 0) is 24.6 Å². The fourth-order valence-electron chi connectivity index (χ4n) is 1.62. The zero-order chi connectivity index (χ0) is 13.8. The number of nitrogens with zero attached hydrogens (tertiary/aromatic N) is 1. The molecule has 1 atom stereocenters. The van der Waals surface area contributed by atoms with E-state index in [-0.39, 0.29) is 0 Å². The van der Waals surface area contributed by atoms with Crippen molar-refractivity contribution in [1.29, 1.82) is 0 Å². The van der Waals surface area contributed by atoms with E-state index in [1.54, 1.807) is 25.1 Å². The first kappa shape index (κ1) is 13.6. The number of hydrogen-bond donors (Lipinski definition) is 1.